The van der Waals surface area contributed by atoms with Crippen molar-refractivity contribution in [1.29, 1.82) is 0 Å². The maximum atomic E-state index is 13.8. The van der Waals surface area contributed by atoms with Crippen molar-refractivity contribution in [2.24, 2.45) is 5.92 Å². The first kappa shape index (κ1) is 15.2. The number of likely N-dealkylation sites (tertiary alicyclic amines) is 1. The molecule has 0 spiro atoms. The summed E-state index contributed by atoms with van der Waals surface area (Å²) in [6.45, 7) is 0.899. The number of carboxylic acid groups (broad SMARTS) is 1. The van der Waals surface area contributed by atoms with E-state index >= 15 is 0 Å². The largest absolute Gasteiger partial charge is 0.478 e. The lowest BCUT2D eigenvalue weighted by atomic mass is 10.1. The van der Waals surface area contributed by atoms with Crippen LogP contribution in [0.25, 0.3) is 6.08 Å². The highest BCUT2D eigenvalue weighted by Gasteiger charge is 2.27. The Morgan fingerprint density at radius 1 is 1.43 bits per heavy atom. The van der Waals surface area contributed by atoms with Gasteiger partial charge in [0.25, 0.3) is 5.91 Å². The van der Waals surface area contributed by atoms with Gasteiger partial charge >= 0.3 is 5.97 Å². The third-order valence-electron chi connectivity index (χ3n) is 3.47. The van der Waals surface area contributed by atoms with Gasteiger partial charge in [0.15, 0.2) is 0 Å². The second-order valence-electron chi connectivity index (χ2n) is 5.00. The molecule has 5 nitrogen and oxygen atoms in total. The Morgan fingerprint density at radius 2 is 2.19 bits per heavy atom. The second kappa shape index (κ2) is 6.49. The van der Waals surface area contributed by atoms with Crippen molar-refractivity contribution in [2.45, 2.75) is 6.42 Å². The molecule has 1 aliphatic rings. The summed E-state index contributed by atoms with van der Waals surface area (Å²) in [5, 5.41) is 17.7. The molecular formula is C15H16FNO4. The number of nitrogens with zero attached hydrogens (tertiary/aromatic N) is 1. The maximum absolute atomic E-state index is 13.8. The van der Waals surface area contributed by atoms with Crippen LogP contribution in [0.2, 0.25) is 0 Å². The van der Waals surface area contributed by atoms with E-state index in [1.165, 1.54) is 23.1 Å². The van der Waals surface area contributed by atoms with E-state index in [-0.39, 0.29) is 18.1 Å². The van der Waals surface area contributed by atoms with Gasteiger partial charge in [-0.1, -0.05) is 6.07 Å². The average molecular weight is 293 g/mol. The number of halogens is 1. The van der Waals surface area contributed by atoms with Crippen LogP contribution in [-0.2, 0) is 4.79 Å². The molecule has 0 aromatic heterocycles. The molecule has 0 aliphatic carbocycles. The molecule has 1 heterocycles. The standard InChI is InChI=1S/C15H16FNO4/c16-13-3-1-10(2-4-14(19)20)7-12(13)15(21)17-6-5-11(8-17)9-18/h1-4,7,11,18H,5-6,8-9H2,(H,19,20)/b4-2+. The van der Waals surface area contributed by atoms with Gasteiger partial charge in [0.2, 0.25) is 0 Å². The maximum Gasteiger partial charge on any atom is 0.328 e. The van der Waals surface area contributed by atoms with Gasteiger partial charge in [-0.25, -0.2) is 9.18 Å². The number of carbonyl (C=O) groups excluding carboxylic acids is 1. The number of rotatable bonds is 4. The van der Waals surface area contributed by atoms with E-state index in [2.05, 4.69) is 0 Å². The van der Waals surface area contributed by atoms with E-state index in [4.69, 9.17) is 10.2 Å². The smallest absolute Gasteiger partial charge is 0.328 e. The summed E-state index contributed by atoms with van der Waals surface area (Å²) in [4.78, 5) is 24.3. The highest BCUT2D eigenvalue weighted by Crippen LogP contribution is 2.20. The summed E-state index contributed by atoms with van der Waals surface area (Å²) in [7, 11) is 0. The zero-order valence-corrected chi connectivity index (χ0v) is 11.3. The Hall–Kier alpha value is -2.21. The van der Waals surface area contributed by atoms with Gasteiger partial charge in [0.05, 0.1) is 5.56 Å². The van der Waals surface area contributed by atoms with Crippen molar-refractivity contribution in [3.05, 3.63) is 41.2 Å². The highest BCUT2D eigenvalue weighted by atomic mass is 19.1. The minimum Gasteiger partial charge on any atom is -0.478 e. The molecule has 0 bridgehead atoms. The minimum atomic E-state index is -1.11. The van der Waals surface area contributed by atoms with Gasteiger partial charge in [-0.3, -0.25) is 4.79 Å². The number of aliphatic hydroxyl groups is 1. The van der Waals surface area contributed by atoms with Crippen molar-refractivity contribution in [1.82, 2.24) is 4.90 Å². The molecule has 1 aromatic carbocycles. The summed E-state index contributed by atoms with van der Waals surface area (Å²) in [5.41, 5.74) is 0.362. The quantitative estimate of drug-likeness (QED) is 0.822. The molecule has 1 saturated heterocycles. The fourth-order valence-electron chi connectivity index (χ4n) is 2.31. The lowest BCUT2D eigenvalue weighted by molar-refractivity contribution is -0.131. The number of amides is 1. The molecule has 0 radical (unpaired) electrons. The van der Waals surface area contributed by atoms with Crippen LogP contribution in [0, 0.1) is 11.7 Å². The molecule has 1 aromatic rings. The zero-order chi connectivity index (χ0) is 15.4. The fraction of sp³-hybridized carbons (Fsp3) is 0.333. The number of hydrogen-bond acceptors (Lipinski definition) is 3. The van der Waals surface area contributed by atoms with Gasteiger partial charge in [0.1, 0.15) is 5.82 Å². The van der Waals surface area contributed by atoms with Crippen LogP contribution in [0.1, 0.15) is 22.3 Å². The van der Waals surface area contributed by atoms with Crippen LogP contribution >= 0.6 is 0 Å². The lowest BCUT2D eigenvalue weighted by Crippen LogP contribution is -2.29. The Bertz CT molecular complexity index is 585. The summed E-state index contributed by atoms with van der Waals surface area (Å²) in [5.74, 6) is -2.15. The van der Waals surface area contributed by atoms with Crippen LogP contribution < -0.4 is 0 Å². The third-order valence-corrected chi connectivity index (χ3v) is 3.47. The van der Waals surface area contributed by atoms with Crippen LogP contribution in [0.4, 0.5) is 4.39 Å². The molecule has 1 fully saturated rings. The molecular weight excluding hydrogens is 277 g/mol. The molecule has 1 amide bonds. The van der Waals surface area contributed by atoms with Crippen LogP contribution in [0.3, 0.4) is 0 Å². The Morgan fingerprint density at radius 3 is 2.81 bits per heavy atom. The van der Waals surface area contributed by atoms with E-state index < -0.39 is 17.7 Å². The van der Waals surface area contributed by atoms with Gasteiger partial charge in [-0.15, -0.1) is 0 Å². The van der Waals surface area contributed by atoms with E-state index in [1.54, 1.807) is 0 Å². The van der Waals surface area contributed by atoms with E-state index in [1.807, 2.05) is 0 Å². The molecule has 2 N–H and O–H groups in total. The highest BCUT2D eigenvalue weighted by molar-refractivity contribution is 5.95. The summed E-state index contributed by atoms with van der Waals surface area (Å²) >= 11 is 0. The lowest BCUT2D eigenvalue weighted by Gasteiger charge is -2.16. The molecule has 1 unspecified atom stereocenters. The summed E-state index contributed by atoms with van der Waals surface area (Å²) in [6, 6.07) is 3.89. The number of benzene rings is 1. The first-order chi connectivity index (χ1) is 10.0. The summed E-state index contributed by atoms with van der Waals surface area (Å²) in [6.07, 6.45) is 2.93. The topological polar surface area (TPSA) is 77.8 Å². The summed E-state index contributed by atoms with van der Waals surface area (Å²) < 4.78 is 13.8. The van der Waals surface area contributed by atoms with Gasteiger partial charge in [0, 0.05) is 31.7 Å². The van der Waals surface area contributed by atoms with E-state index in [0.29, 0.717) is 25.1 Å². The van der Waals surface area contributed by atoms with E-state index in [9.17, 15) is 14.0 Å². The van der Waals surface area contributed by atoms with Crippen LogP contribution in [0.5, 0.6) is 0 Å². The molecule has 112 valence electrons. The predicted molar refractivity (Wildman–Crippen MR) is 74.2 cm³/mol. The number of carbonyl (C=O) groups is 2. The molecule has 1 aliphatic heterocycles. The molecule has 0 saturated carbocycles. The number of aliphatic carboxylic acids is 1. The number of hydrogen-bond donors (Lipinski definition) is 2. The Labute approximate surface area is 121 Å². The molecule has 21 heavy (non-hydrogen) atoms. The fourth-order valence-corrected chi connectivity index (χ4v) is 2.31. The number of carboxylic acids is 1. The Balaban J connectivity index is 2.20. The first-order valence-electron chi connectivity index (χ1n) is 6.62. The first-order valence-corrected chi connectivity index (χ1v) is 6.62. The normalized spacial score (nSPS) is 18.4. The van der Waals surface area contributed by atoms with Crippen molar-refractivity contribution in [3.63, 3.8) is 0 Å². The van der Waals surface area contributed by atoms with Gasteiger partial charge in [-0.05, 0) is 30.2 Å². The molecule has 2 rings (SSSR count). The van der Waals surface area contributed by atoms with Crippen LogP contribution in [-0.4, -0.2) is 46.7 Å². The van der Waals surface area contributed by atoms with Gasteiger partial charge in [-0.2, -0.15) is 0 Å². The molecule has 1 atom stereocenters. The van der Waals surface area contributed by atoms with Crippen molar-refractivity contribution >= 4 is 18.0 Å². The van der Waals surface area contributed by atoms with Crippen molar-refractivity contribution in [2.75, 3.05) is 19.7 Å². The minimum absolute atomic E-state index is 0.00759. The van der Waals surface area contributed by atoms with E-state index in [0.717, 1.165) is 12.1 Å². The third kappa shape index (κ3) is 3.66. The second-order valence-corrected chi connectivity index (χ2v) is 5.00. The monoisotopic (exact) mass is 293 g/mol. The number of aliphatic hydroxyl groups excluding tert-OH is 1. The van der Waals surface area contributed by atoms with Crippen LogP contribution in [0.15, 0.2) is 24.3 Å². The van der Waals surface area contributed by atoms with Gasteiger partial charge < -0.3 is 15.1 Å². The molecule has 6 heteroatoms. The Kier molecular flexibility index (Phi) is 4.70. The average Bonchev–Trinajstić information content (AvgIpc) is 2.94. The predicted octanol–water partition coefficient (Wildman–Crippen LogP) is 1.38. The van der Waals surface area contributed by atoms with Crippen molar-refractivity contribution < 1.29 is 24.2 Å². The SMILES string of the molecule is O=C(O)/C=C/c1ccc(F)c(C(=O)N2CCC(CO)C2)c1. The zero-order valence-electron chi connectivity index (χ0n) is 11.3. The van der Waals surface area contributed by atoms with Crippen molar-refractivity contribution in [3.8, 4) is 0 Å².